The quantitative estimate of drug-likeness (QED) is 0.768. The lowest BCUT2D eigenvalue weighted by molar-refractivity contribution is -0.127. The first-order valence-electron chi connectivity index (χ1n) is 6.96. The molecule has 0 fully saturated rings. The van der Waals surface area contributed by atoms with Crippen LogP contribution < -0.4 is 15.0 Å². The summed E-state index contributed by atoms with van der Waals surface area (Å²) in [6, 6.07) is 15.8. The molecule has 0 aliphatic heterocycles. The number of benzene rings is 2. The summed E-state index contributed by atoms with van der Waals surface area (Å²) in [5, 5.41) is 8.72. The number of carbonyl (C=O) groups excluding carboxylic acids is 1. The average Bonchev–Trinajstić information content (AvgIpc) is 2.61. The molecule has 124 valence electrons. The van der Waals surface area contributed by atoms with Crippen molar-refractivity contribution in [1.82, 2.24) is 10.3 Å². The molecule has 0 saturated heterocycles. The maximum atomic E-state index is 12.0. The Morgan fingerprint density at radius 2 is 1.75 bits per heavy atom. The van der Waals surface area contributed by atoms with Gasteiger partial charge in [0.2, 0.25) is 0 Å². The smallest absolute Gasteiger partial charge is 0.275 e. The molecule has 8 heteroatoms. The SMILES string of the molecule is C[C@@H](Oc1ccc(C#N)cc1)C(=O)NNS(=O)(=O)c1ccccc1. The van der Waals surface area contributed by atoms with Crippen LogP contribution in [0.3, 0.4) is 0 Å². The Hall–Kier alpha value is -2.89. The summed E-state index contributed by atoms with van der Waals surface area (Å²) in [6.07, 6.45) is -0.934. The minimum absolute atomic E-state index is 0.0333. The van der Waals surface area contributed by atoms with Crippen LogP contribution in [0.15, 0.2) is 59.5 Å². The van der Waals surface area contributed by atoms with E-state index in [1.807, 2.05) is 10.9 Å². The number of rotatable bonds is 6. The summed E-state index contributed by atoms with van der Waals surface area (Å²) < 4.78 is 29.4. The third kappa shape index (κ3) is 4.55. The summed E-state index contributed by atoms with van der Waals surface area (Å²) in [5.41, 5.74) is 2.58. The third-order valence-electron chi connectivity index (χ3n) is 3.03. The van der Waals surface area contributed by atoms with Crippen LogP contribution in [0, 0.1) is 11.3 Å². The van der Waals surface area contributed by atoms with Gasteiger partial charge in [0.1, 0.15) is 5.75 Å². The first-order chi connectivity index (χ1) is 11.4. The van der Waals surface area contributed by atoms with Crippen molar-refractivity contribution in [2.24, 2.45) is 0 Å². The maximum Gasteiger partial charge on any atom is 0.275 e. The van der Waals surface area contributed by atoms with Gasteiger partial charge in [-0.3, -0.25) is 10.2 Å². The van der Waals surface area contributed by atoms with Gasteiger partial charge >= 0.3 is 0 Å². The predicted molar refractivity (Wildman–Crippen MR) is 86.2 cm³/mol. The van der Waals surface area contributed by atoms with Crippen molar-refractivity contribution in [1.29, 1.82) is 5.26 Å². The van der Waals surface area contributed by atoms with E-state index in [2.05, 4.69) is 5.43 Å². The van der Waals surface area contributed by atoms with Crippen molar-refractivity contribution in [3.8, 4) is 11.8 Å². The Labute approximate surface area is 139 Å². The van der Waals surface area contributed by atoms with Gasteiger partial charge in [0, 0.05) is 0 Å². The molecule has 7 nitrogen and oxygen atoms in total. The summed E-state index contributed by atoms with van der Waals surface area (Å²) in [7, 11) is -3.84. The van der Waals surface area contributed by atoms with Gasteiger partial charge in [-0.25, -0.2) is 8.42 Å². The van der Waals surface area contributed by atoms with Crippen molar-refractivity contribution in [2.75, 3.05) is 0 Å². The molecule has 2 aromatic rings. The number of hydrazine groups is 1. The summed E-state index contributed by atoms with van der Waals surface area (Å²) in [6.45, 7) is 1.48. The fourth-order valence-electron chi connectivity index (χ4n) is 1.74. The lowest BCUT2D eigenvalue weighted by atomic mass is 10.2. The van der Waals surface area contributed by atoms with Gasteiger partial charge in [-0.15, -0.1) is 4.83 Å². The van der Waals surface area contributed by atoms with E-state index in [9.17, 15) is 13.2 Å². The second kappa shape index (κ2) is 7.59. The van der Waals surface area contributed by atoms with Gasteiger partial charge in [0.25, 0.3) is 15.9 Å². The molecule has 0 aliphatic carbocycles. The molecule has 0 saturated carbocycles. The first-order valence-corrected chi connectivity index (χ1v) is 8.44. The number of nitrogens with one attached hydrogen (secondary N) is 2. The molecule has 0 aromatic heterocycles. The Balaban J connectivity index is 1.93. The van der Waals surface area contributed by atoms with Gasteiger partial charge in [-0.1, -0.05) is 18.2 Å². The fraction of sp³-hybridized carbons (Fsp3) is 0.125. The normalized spacial score (nSPS) is 12.0. The Bertz CT molecular complexity index is 843. The first kappa shape index (κ1) is 17.5. The van der Waals surface area contributed by atoms with Crippen molar-refractivity contribution in [3.05, 3.63) is 60.2 Å². The Morgan fingerprint density at radius 1 is 1.12 bits per heavy atom. The zero-order valence-electron chi connectivity index (χ0n) is 12.8. The molecule has 0 spiro atoms. The standard InChI is InChI=1S/C16H15N3O4S/c1-12(23-14-9-7-13(11-17)8-10-14)16(20)18-19-24(21,22)15-5-3-2-4-6-15/h2-10,12,19H,1H3,(H,18,20)/t12-/m1/s1. The highest BCUT2D eigenvalue weighted by molar-refractivity contribution is 7.89. The van der Waals surface area contributed by atoms with Crippen LogP contribution in [0.4, 0.5) is 0 Å². The third-order valence-corrected chi connectivity index (χ3v) is 4.29. The molecular weight excluding hydrogens is 330 g/mol. The summed E-state index contributed by atoms with van der Waals surface area (Å²) in [4.78, 5) is 14.0. The molecule has 0 radical (unpaired) electrons. The number of hydrogen-bond acceptors (Lipinski definition) is 5. The zero-order chi connectivity index (χ0) is 17.6. The topological polar surface area (TPSA) is 108 Å². The van der Waals surface area contributed by atoms with Gasteiger partial charge in [-0.05, 0) is 43.3 Å². The van der Waals surface area contributed by atoms with E-state index in [1.165, 1.54) is 19.1 Å². The number of ether oxygens (including phenoxy) is 1. The van der Waals surface area contributed by atoms with Gasteiger partial charge in [0.15, 0.2) is 6.10 Å². The van der Waals surface area contributed by atoms with Crippen LogP contribution in [-0.4, -0.2) is 20.4 Å². The molecule has 2 N–H and O–H groups in total. The number of carbonyl (C=O) groups is 1. The molecule has 24 heavy (non-hydrogen) atoms. The summed E-state index contributed by atoms with van der Waals surface area (Å²) in [5.74, 6) is -0.263. The number of amides is 1. The largest absolute Gasteiger partial charge is 0.481 e. The van der Waals surface area contributed by atoms with E-state index < -0.39 is 22.0 Å². The van der Waals surface area contributed by atoms with E-state index in [0.29, 0.717) is 11.3 Å². The van der Waals surface area contributed by atoms with Crippen molar-refractivity contribution >= 4 is 15.9 Å². The van der Waals surface area contributed by atoms with E-state index in [4.69, 9.17) is 10.00 Å². The minimum Gasteiger partial charge on any atom is -0.481 e. The molecule has 0 heterocycles. The number of nitriles is 1. The van der Waals surface area contributed by atoms with Crippen LogP contribution in [0.5, 0.6) is 5.75 Å². The number of nitrogens with zero attached hydrogens (tertiary/aromatic N) is 1. The maximum absolute atomic E-state index is 12.0. The zero-order valence-corrected chi connectivity index (χ0v) is 13.6. The summed E-state index contributed by atoms with van der Waals surface area (Å²) >= 11 is 0. The molecule has 1 amide bonds. The molecule has 0 aliphatic rings. The van der Waals surface area contributed by atoms with Crippen molar-refractivity contribution < 1.29 is 17.9 Å². The Morgan fingerprint density at radius 3 is 2.33 bits per heavy atom. The molecule has 2 aromatic carbocycles. The van der Waals surface area contributed by atoms with Gasteiger partial charge in [0.05, 0.1) is 16.5 Å². The van der Waals surface area contributed by atoms with Crippen LogP contribution >= 0.6 is 0 Å². The van der Waals surface area contributed by atoms with Crippen LogP contribution in [-0.2, 0) is 14.8 Å². The van der Waals surface area contributed by atoms with E-state index in [1.54, 1.807) is 42.5 Å². The average molecular weight is 345 g/mol. The Kier molecular flexibility index (Phi) is 5.52. The minimum atomic E-state index is -3.84. The van der Waals surface area contributed by atoms with E-state index in [-0.39, 0.29) is 4.90 Å². The van der Waals surface area contributed by atoms with Crippen LogP contribution in [0.2, 0.25) is 0 Å². The molecule has 0 unspecified atom stereocenters. The highest BCUT2D eigenvalue weighted by Gasteiger charge is 2.19. The van der Waals surface area contributed by atoms with E-state index in [0.717, 1.165) is 0 Å². The molecular formula is C16H15N3O4S. The predicted octanol–water partition coefficient (Wildman–Crippen LogP) is 1.34. The second-order valence-electron chi connectivity index (χ2n) is 4.80. The van der Waals surface area contributed by atoms with E-state index >= 15 is 0 Å². The van der Waals surface area contributed by atoms with Crippen LogP contribution in [0.1, 0.15) is 12.5 Å². The number of sulfonamides is 1. The van der Waals surface area contributed by atoms with Gasteiger partial charge < -0.3 is 4.74 Å². The fourth-order valence-corrected chi connectivity index (χ4v) is 2.61. The number of hydrogen-bond donors (Lipinski definition) is 2. The lowest BCUT2D eigenvalue weighted by Gasteiger charge is -2.15. The lowest BCUT2D eigenvalue weighted by Crippen LogP contribution is -2.47. The molecule has 2 rings (SSSR count). The molecule has 1 atom stereocenters. The van der Waals surface area contributed by atoms with Crippen LogP contribution in [0.25, 0.3) is 0 Å². The van der Waals surface area contributed by atoms with Crippen molar-refractivity contribution in [2.45, 2.75) is 17.9 Å². The second-order valence-corrected chi connectivity index (χ2v) is 6.49. The monoisotopic (exact) mass is 345 g/mol. The highest BCUT2D eigenvalue weighted by Crippen LogP contribution is 2.13. The van der Waals surface area contributed by atoms with Gasteiger partial charge in [-0.2, -0.15) is 5.26 Å². The molecule has 0 bridgehead atoms. The van der Waals surface area contributed by atoms with Crippen molar-refractivity contribution in [3.63, 3.8) is 0 Å². The highest BCUT2D eigenvalue weighted by atomic mass is 32.2.